The smallest absolute Gasteiger partial charge is 0.0273 e. The molecule has 0 unspecified atom stereocenters. The first-order valence-corrected chi connectivity index (χ1v) is 20.1. The quantitative estimate of drug-likeness (QED) is 0.0784. The van der Waals surface area contributed by atoms with Crippen LogP contribution in [0.1, 0.15) is 144 Å². The summed E-state index contributed by atoms with van der Waals surface area (Å²) in [7, 11) is 0. The highest BCUT2D eigenvalue weighted by molar-refractivity contribution is 7.13. The topological polar surface area (TPSA) is 0 Å². The molecule has 0 spiro atoms. The van der Waals surface area contributed by atoms with Crippen LogP contribution >= 0.6 is 34.0 Å². The number of benzene rings is 1. The van der Waals surface area contributed by atoms with Crippen LogP contribution < -0.4 is 0 Å². The molecule has 4 aromatic rings. The van der Waals surface area contributed by atoms with Gasteiger partial charge in [-0.25, -0.2) is 0 Å². The zero-order valence-corrected chi connectivity index (χ0v) is 30.4. The zero-order valence-electron chi connectivity index (χ0n) is 28.0. The summed E-state index contributed by atoms with van der Waals surface area (Å²) in [6.07, 6.45) is 33.2. The minimum Gasteiger partial charge on any atom is -0.141 e. The minimum atomic E-state index is 1.21. The Bertz CT molecular complexity index is 1280. The van der Waals surface area contributed by atoms with Crippen molar-refractivity contribution in [2.24, 2.45) is 0 Å². The van der Waals surface area contributed by atoms with Crippen molar-refractivity contribution in [2.75, 3.05) is 0 Å². The number of hydrogen-bond acceptors (Lipinski definition) is 3. The monoisotopic (exact) mass is 654 g/mol. The Morgan fingerprint density at radius 2 is 0.689 bits per heavy atom. The lowest BCUT2D eigenvalue weighted by atomic mass is 10.0. The maximum absolute atomic E-state index is 2.32. The molecular weight excluding hydrogens is 601 g/mol. The molecule has 0 fully saturated rings. The van der Waals surface area contributed by atoms with Crippen molar-refractivity contribution in [1.29, 1.82) is 0 Å². The normalized spacial score (nSPS) is 12.1. The molecule has 0 amide bonds. The number of unbranched alkanes of at least 4 members (excludes halogenated alkanes) is 9. The molecule has 0 aliphatic carbocycles. The SMILES string of the molecule is CCCCCCc1ccc(/C=C/c2cc(/C=C/c3ccc(CCCCCC)s3)cc(/C=C/c3ccc(CCCCCC)s3)c2)s1. The van der Waals surface area contributed by atoms with E-state index < -0.39 is 0 Å². The van der Waals surface area contributed by atoms with Crippen LogP contribution in [-0.2, 0) is 19.3 Å². The van der Waals surface area contributed by atoms with E-state index in [-0.39, 0.29) is 0 Å². The Hall–Kier alpha value is -2.46. The molecule has 0 saturated heterocycles. The lowest BCUT2D eigenvalue weighted by Gasteiger charge is -2.02. The number of rotatable bonds is 21. The molecule has 240 valence electrons. The van der Waals surface area contributed by atoms with Gasteiger partial charge >= 0.3 is 0 Å². The van der Waals surface area contributed by atoms with Crippen LogP contribution in [0.4, 0.5) is 0 Å². The molecule has 1 aromatic carbocycles. The standard InChI is InChI=1S/C42H54S3/c1-4-7-10-13-16-37-25-28-40(43-37)22-19-34-31-35(20-23-41-29-26-38(44-41)17-14-11-8-5-2)33-36(32-34)21-24-42-30-27-39(45-42)18-15-12-9-6-3/h19-33H,4-18H2,1-3H3/b22-19+,23-20+,24-21+. The predicted octanol–water partition coefficient (Wildman–Crippen LogP) is 14.8. The van der Waals surface area contributed by atoms with Gasteiger partial charge in [0.2, 0.25) is 0 Å². The number of aryl methyl sites for hydroxylation is 3. The molecule has 3 aromatic heterocycles. The minimum absolute atomic E-state index is 1.21. The summed E-state index contributed by atoms with van der Waals surface area (Å²) in [5.74, 6) is 0. The summed E-state index contributed by atoms with van der Waals surface area (Å²) in [4.78, 5) is 8.54. The highest BCUT2D eigenvalue weighted by Crippen LogP contribution is 2.26. The molecule has 4 rings (SSSR count). The van der Waals surface area contributed by atoms with Gasteiger partial charge in [0.1, 0.15) is 0 Å². The summed E-state index contributed by atoms with van der Waals surface area (Å²) in [6.45, 7) is 6.84. The van der Waals surface area contributed by atoms with Crippen LogP contribution in [-0.4, -0.2) is 0 Å². The van der Waals surface area contributed by atoms with Gasteiger partial charge in [0.25, 0.3) is 0 Å². The summed E-state index contributed by atoms with van der Waals surface area (Å²) in [5.41, 5.74) is 3.75. The largest absolute Gasteiger partial charge is 0.141 e. The van der Waals surface area contributed by atoms with Gasteiger partial charge in [-0.05, 0) is 128 Å². The molecular formula is C42H54S3. The van der Waals surface area contributed by atoms with Gasteiger partial charge in [0, 0.05) is 29.3 Å². The van der Waals surface area contributed by atoms with Gasteiger partial charge in [0.15, 0.2) is 0 Å². The molecule has 0 nitrogen and oxygen atoms in total. The van der Waals surface area contributed by atoms with Gasteiger partial charge in [-0.1, -0.05) is 96.8 Å². The fourth-order valence-electron chi connectivity index (χ4n) is 5.56. The van der Waals surface area contributed by atoms with E-state index in [4.69, 9.17) is 0 Å². The van der Waals surface area contributed by atoms with Crippen molar-refractivity contribution in [3.05, 3.63) is 101 Å². The molecule has 0 aliphatic heterocycles. The third kappa shape index (κ3) is 13.4. The Morgan fingerprint density at radius 1 is 0.378 bits per heavy atom. The van der Waals surface area contributed by atoms with Gasteiger partial charge in [-0.2, -0.15) is 0 Å². The van der Waals surface area contributed by atoms with Gasteiger partial charge in [0.05, 0.1) is 0 Å². The first-order valence-electron chi connectivity index (χ1n) is 17.6. The average molecular weight is 655 g/mol. The van der Waals surface area contributed by atoms with Crippen LogP contribution in [0.15, 0.2) is 54.6 Å². The summed E-state index contributed by atoms with van der Waals surface area (Å²) in [6, 6.07) is 20.8. The van der Waals surface area contributed by atoms with E-state index in [1.807, 2.05) is 34.0 Å². The Kier molecular flexibility index (Phi) is 16.2. The molecule has 45 heavy (non-hydrogen) atoms. The molecule has 0 atom stereocenters. The predicted molar refractivity (Wildman–Crippen MR) is 210 cm³/mol. The summed E-state index contributed by atoms with van der Waals surface area (Å²) < 4.78 is 0. The molecule has 0 bridgehead atoms. The first-order chi connectivity index (χ1) is 22.1. The number of thiophene rings is 3. The van der Waals surface area contributed by atoms with E-state index in [2.05, 4.69) is 112 Å². The fraction of sp³-hybridized carbons (Fsp3) is 0.429. The maximum Gasteiger partial charge on any atom is 0.0273 e. The lowest BCUT2D eigenvalue weighted by Crippen LogP contribution is -1.81. The van der Waals surface area contributed by atoms with Crippen LogP contribution in [0.3, 0.4) is 0 Å². The second kappa shape index (κ2) is 20.6. The van der Waals surface area contributed by atoms with Crippen LogP contribution in [0.5, 0.6) is 0 Å². The van der Waals surface area contributed by atoms with Crippen LogP contribution in [0, 0.1) is 0 Å². The van der Waals surface area contributed by atoms with E-state index in [1.54, 1.807) is 0 Å². The molecule has 3 heterocycles. The van der Waals surface area contributed by atoms with Crippen molar-refractivity contribution >= 4 is 70.5 Å². The average Bonchev–Trinajstić information content (AvgIpc) is 3.82. The second-order valence-corrected chi connectivity index (χ2v) is 15.9. The fourth-order valence-corrected chi connectivity index (χ4v) is 8.43. The van der Waals surface area contributed by atoms with Crippen molar-refractivity contribution in [3.63, 3.8) is 0 Å². The van der Waals surface area contributed by atoms with Gasteiger partial charge < -0.3 is 0 Å². The van der Waals surface area contributed by atoms with Gasteiger partial charge in [-0.3, -0.25) is 0 Å². The van der Waals surface area contributed by atoms with Crippen molar-refractivity contribution in [1.82, 2.24) is 0 Å². The third-order valence-corrected chi connectivity index (χ3v) is 11.5. The van der Waals surface area contributed by atoms with Crippen LogP contribution in [0.2, 0.25) is 0 Å². The van der Waals surface area contributed by atoms with Crippen molar-refractivity contribution in [3.8, 4) is 0 Å². The molecule has 0 aliphatic rings. The Morgan fingerprint density at radius 3 is 0.978 bits per heavy atom. The van der Waals surface area contributed by atoms with E-state index in [1.165, 1.54) is 142 Å². The highest BCUT2D eigenvalue weighted by atomic mass is 32.1. The van der Waals surface area contributed by atoms with Crippen LogP contribution in [0.25, 0.3) is 36.5 Å². The van der Waals surface area contributed by atoms with E-state index in [9.17, 15) is 0 Å². The third-order valence-electron chi connectivity index (χ3n) is 8.20. The second-order valence-electron chi connectivity index (χ2n) is 12.3. The number of hydrogen-bond donors (Lipinski definition) is 0. The molecule has 0 N–H and O–H groups in total. The lowest BCUT2D eigenvalue weighted by molar-refractivity contribution is 0.670. The highest BCUT2D eigenvalue weighted by Gasteiger charge is 2.03. The molecule has 0 radical (unpaired) electrons. The zero-order chi connectivity index (χ0) is 31.5. The Labute approximate surface area is 286 Å². The van der Waals surface area contributed by atoms with Crippen molar-refractivity contribution < 1.29 is 0 Å². The Balaban J connectivity index is 1.47. The van der Waals surface area contributed by atoms with E-state index in [0.29, 0.717) is 0 Å². The molecule has 3 heteroatoms. The first kappa shape index (κ1) is 35.4. The summed E-state index contributed by atoms with van der Waals surface area (Å²) in [5, 5.41) is 0. The van der Waals surface area contributed by atoms with E-state index >= 15 is 0 Å². The molecule has 0 saturated carbocycles. The van der Waals surface area contributed by atoms with Gasteiger partial charge in [-0.15, -0.1) is 34.0 Å². The maximum atomic E-state index is 2.32. The van der Waals surface area contributed by atoms with E-state index in [0.717, 1.165) is 0 Å². The summed E-state index contributed by atoms with van der Waals surface area (Å²) >= 11 is 5.83. The van der Waals surface area contributed by atoms with Crippen molar-refractivity contribution in [2.45, 2.75) is 117 Å².